The first-order chi connectivity index (χ1) is 8.79. The van der Waals surface area contributed by atoms with Gasteiger partial charge in [-0.25, -0.2) is 4.98 Å². The maximum atomic E-state index is 11.2. The van der Waals surface area contributed by atoms with E-state index >= 15 is 0 Å². The molecule has 2 aliphatic rings. The molecule has 98 valence electrons. The Morgan fingerprint density at radius 2 is 2.00 bits per heavy atom. The fraction of sp³-hybridized carbons (Fsp3) is 0.714. The number of aromatic nitrogens is 2. The first-order valence-corrected chi connectivity index (χ1v) is 7.02. The predicted octanol–water partition coefficient (Wildman–Crippen LogP) is 2.19. The van der Waals surface area contributed by atoms with E-state index in [-0.39, 0.29) is 0 Å². The molecule has 0 saturated heterocycles. The second kappa shape index (κ2) is 4.84. The Morgan fingerprint density at radius 1 is 1.22 bits per heavy atom. The van der Waals surface area contributed by atoms with E-state index in [2.05, 4.69) is 21.5 Å². The molecule has 1 aromatic heterocycles. The first kappa shape index (κ1) is 11.9. The molecular formula is C14H21N3O. The Labute approximate surface area is 108 Å². The van der Waals surface area contributed by atoms with Crippen molar-refractivity contribution in [1.82, 2.24) is 14.5 Å². The van der Waals surface area contributed by atoms with Gasteiger partial charge in [0.25, 0.3) is 0 Å². The molecule has 0 amide bonds. The van der Waals surface area contributed by atoms with Gasteiger partial charge in [-0.15, -0.1) is 0 Å². The smallest absolute Gasteiger partial charge is 0.170 e. The minimum Gasteiger partial charge on any atom is -0.329 e. The Kier molecular flexibility index (Phi) is 3.20. The van der Waals surface area contributed by atoms with Gasteiger partial charge < -0.3 is 4.57 Å². The summed E-state index contributed by atoms with van der Waals surface area (Å²) in [6.07, 6.45) is 7.38. The summed E-state index contributed by atoms with van der Waals surface area (Å²) in [7, 11) is 2.10. The second-order valence-corrected chi connectivity index (χ2v) is 5.64. The van der Waals surface area contributed by atoms with Gasteiger partial charge in [0.05, 0.1) is 5.69 Å². The summed E-state index contributed by atoms with van der Waals surface area (Å²) in [5.74, 6) is 1.76. The third-order valence-corrected chi connectivity index (χ3v) is 4.34. The fourth-order valence-electron chi connectivity index (χ4n) is 3.31. The van der Waals surface area contributed by atoms with Crippen molar-refractivity contribution >= 4 is 6.29 Å². The van der Waals surface area contributed by atoms with Crippen LogP contribution in [-0.4, -0.2) is 34.3 Å². The highest BCUT2D eigenvalue weighted by atomic mass is 16.1. The van der Waals surface area contributed by atoms with Crippen LogP contribution in [0.3, 0.4) is 0 Å². The summed E-state index contributed by atoms with van der Waals surface area (Å²) in [4.78, 5) is 18.1. The molecule has 1 fully saturated rings. The summed E-state index contributed by atoms with van der Waals surface area (Å²) in [6, 6.07) is 0. The number of fused-ring (bicyclic) bond motifs is 1. The minimum absolute atomic E-state index is 0.578. The van der Waals surface area contributed by atoms with Crippen LogP contribution in [0.15, 0.2) is 0 Å². The molecule has 0 radical (unpaired) electrons. The largest absolute Gasteiger partial charge is 0.329 e. The van der Waals surface area contributed by atoms with Gasteiger partial charge in [0.1, 0.15) is 11.5 Å². The van der Waals surface area contributed by atoms with Crippen molar-refractivity contribution in [3.05, 3.63) is 17.2 Å². The molecule has 4 heteroatoms. The molecule has 3 rings (SSSR count). The molecule has 2 heterocycles. The molecular weight excluding hydrogens is 226 g/mol. The Bertz CT molecular complexity index is 446. The molecule has 0 aromatic carbocycles. The van der Waals surface area contributed by atoms with Gasteiger partial charge in [0.2, 0.25) is 0 Å². The molecule has 18 heavy (non-hydrogen) atoms. The summed E-state index contributed by atoms with van der Waals surface area (Å²) in [5, 5.41) is 0. The molecule has 1 aliphatic heterocycles. The summed E-state index contributed by atoms with van der Waals surface area (Å²) < 4.78 is 2.32. The van der Waals surface area contributed by atoms with Crippen LogP contribution >= 0.6 is 0 Å². The normalized spacial score (nSPS) is 21.8. The van der Waals surface area contributed by atoms with Gasteiger partial charge in [-0.1, -0.05) is 19.3 Å². The SMILES string of the molecule is CN1CCn2c(C3CCCCC3)nc(C=O)c2C1. The van der Waals surface area contributed by atoms with Crippen molar-refractivity contribution in [3.8, 4) is 0 Å². The lowest BCUT2D eigenvalue weighted by molar-refractivity contribution is 0.111. The molecule has 4 nitrogen and oxygen atoms in total. The lowest BCUT2D eigenvalue weighted by Gasteiger charge is -2.28. The van der Waals surface area contributed by atoms with E-state index in [1.165, 1.54) is 37.9 Å². The summed E-state index contributed by atoms with van der Waals surface area (Å²) >= 11 is 0. The van der Waals surface area contributed by atoms with E-state index in [4.69, 9.17) is 0 Å². The van der Waals surface area contributed by atoms with Crippen LogP contribution in [0.1, 0.15) is 60.0 Å². The molecule has 1 aromatic rings. The highest BCUT2D eigenvalue weighted by Gasteiger charge is 2.27. The zero-order valence-electron chi connectivity index (χ0n) is 11.1. The Hall–Kier alpha value is -1.16. The van der Waals surface area contributed by atoms with Crippen molar-refractivity contribution < 1.29 is 4.79 Å². The van der Waals surface area contributed by atoms with Crippen LogP contribution in [0.2, 0.25) is 0 Å². The maximum Gasteiger partial charge on any atom is 0.170 e. The summed E-state index contributed by atoms with van der Waals surface area (Å²) in [5.41, 5.74) is 1.79. The first-order valence-electron chi connectivity index (χ1n) is 7.02. The number of likely N-dealkylation sites (N-methyl/N-ethyl adjacent to an activating group) is 1. The van der Waals surface area contributed by atoms with Crippen LogP contribution in [0.25, 0.3) is 0 Å². The number of aldehydes is 1. The number of nitrogens with zero attached hydrogens (tertiary/aromatic N) is 3. The van der Waals surface area contributed by atoms with Crippen LogP contribution in [0.4, 0.5) is 0 Å². The number of hydrogen-bond acceptors (Lipinski definition) is 3. The quantitative estimate of drug-likeness (QED) is 0.752. The molecule has 1 aliphatic carbocycles. The van der Waals surface area contributed by atoms with Gasteiger partial charge in [-0.05, 0) is 19.9 Å². The summed E-state index contributed by atoms with van der Waals surface area (Å²) in [6.45, 7) is 2.90. The van der Waals surface area contributed by atoms with E-state index in [0.29, 0.717) is 11.6 Å². The zero-order chi connectivity index (χ0) is 12.5. The van der Waals surface area contributed by atoms with E-state index in [9.17, 15) is 4.79 Å². The van der Waals surface area contributed by atoms with Gasteiger partial charge in [-0.2, -0.15) is 0 Å². The van der Waals surface area contributed by atoms with Gasteiger partial charge in [-0.3, -0.25) is 9.69 Å². The number of hydrogen-bond donors (Lipinski definition) is 0. The van der Waals surface area contributed by atoms with Crippen LogP contribution < -0.4 is 0 Å². The third kappa shape index (κ3) is 1.99. The van der Waals surface area contributed by atoms with E-state index in [1.807, 2.05) is 0 Å². The molecule has 0 bridgehead atoms. The van der Waals surface area contributed by atoms with Crippen LogP contribution in [-0.2, 0) is 13.1 Å². The Morgan fingerprint density at radius 3 is 2.72 bits per heavy atom. The van der Waals surface area contributed by atoms with Crippen molar-refractivity contribution in [3.63, 3.8) is 0 Å². The molecule has 0 N–H and O–H groups in total. The average Bonchev–Trinajstić information content (AvgIpc) is 2.77. The molecule has 0 atom stereocenters. The van der Waals surface area contributed by atoms with E-state index in [0.717, 1.165) is 31.6 Å². The van der Waals surface area contributed by atoms with E-state index < -0.39 is 0 Å². The number of carbonyl (C=O) groups is 1. The number of carbonyl (C=O) groups excluding carboxylic acids is 1. The monoisotopic (exact) mass is 247 g/mol. The number of rotatable bonds is 2. The highest BCUT2D eigenvalue weighted by Crippen LogP contribution is 2.33. The molecule has 0 spiro atoms. The van der Waals surface area contributed by atoms with Crippen LogP contribution in [0.5, 0.6) is 0 Å². The van der Waals surface area contributed by atoms with E-state index in [1.54, 1.807) is 0 Å². The van der Waals surface area contributed by atoms with Crippen molar-refractivity contribution in [2.24, 2.45) is 0 Å². The Balaban J connectivity index is 1.97. The molecule has 1 saturated carbocycles. The third-order valence-electron chi connectivity index (χ3n) is 4.34. The van der Waals surface area contributed by atoms with Crippen LogP contribution in [0, 0.1) is 0 Å². The lowest BCUT2D eigenvalue weighted by atomic mass is 9.88. The highest BCUT2D eigenvalue weighted by molar-refractivity contribution is 5.74. The lowest BCUT2D eigenvalue weighted by Crippen LogP contribution is -2.31. The molecule has 0 unspecified atom stereocenters. The standard InChI is InChI=1S/C14H21N3O/c1-16-7-8-17-13(9-16)12(10-18)15-14(17)11-5-3-2-4-6-11/h10-11H,2-9H2,1H3. The van der Waals surface area contributed by atoms with Crippen molar-refractivity contribution in [2.75, 3.05) is 13.6 Å². The van der Waals surface area contributed by atoms with Gasteiger partial charge in [0, 0.05) is 25.6 Å². The van der Waals surface area contributed by atoms with Gasteiger partial charge >= 0.3 is 0 Å². The zero-order valence-corrected chi connectivity index (χ0v) is 11.1. The van der Waals surface area contributed by atoms with Gasteiger partial charge in [0.15, 0.2) is 6.29 Å². The topological polar surface area (TPSA) is 38.1 Å². The average molecular weight is 247 g/mol. The van der Waals surface area contributed by atoms with Crippen molar-refractivity contribution in [1.29, 1.82) is 0 Å². The number of imidazole rings is 1. The maximum absolute atomic E-state index is 11.2. The minimum atomic E-state index is 0.578. The fourth-order valence-corrected chi connectivity index (χ4v) is 3.31. The predicted molar refractivity (Wildman–Crippen MR) is 69.8 cm³/mol. The van der Waals surface area contributed by atoms with Crippen molar-refractivity contribution in [2.45, 2.75) is 51.1 Å². The second-order valence-electron chi connectivity index (χ2n) is 5.64.